The van der Waals surface area contributed by atoms with Gasteiger partial charge in [0.1, 0.15) is 9.84 Å². The first-order valence-electron chi connectivity index (χ1n) is 5.49. The van der Waals surface area contributed by atoms with Crippen molar-refractivity contribution in [1.82, 2.24) is 9.55 Å². The fourth-order valence-electron chi connectivity index (χ4n) is 1.61. The van der Waals surface area contributed by atoms with Gasteiger partial charge in [-0.25, -0.2) is 13.2 Å². The van der Waals surface area contributed by atoms with E-state index in [1.807, 2.05) is 0 Å². The molecular weight excluding hydrogens is 260 g/mol. The van der Waals surface area contributed by atoms with Crippen molar-refractivity contribution in [3.63, 3.8) is 0 Å². The Kier molecular flexibility index (Phi) is 4.33. The normalized spacial score (nSPS) is 11.7. The van der Waals surface area contributed by atoms with Gasteiger partial charge in [0.05, 0.1) is 11.3 Å². The van der Waals surface area contributed by atoms with Crippen LogP contribution in [0.4, 0.5) is 0 Å². The number of nitrogens with one attached hydrogen (secondary N) is 1. The summed E-state index contributed by atoms with van der Waals surface area (Å²) in [6.07, 6.45) is 1.58. The zero-order valence-electron chi connectivity index (χ0n) is 10.3. The van der Waals surface area contributed by atoms with Gasteiger partial charge in [0.25, 0.3) is 5.56 Å². The van der Waals surface area contributed by atoms with Gasteiger partial charge in [-0.15, -0.1) is 0 Å². The van der Waals surface area contributed by atoms with Crippen LogP contribution < -0.4 is 11.2 Å². The molecular formula is C10H16N2O5S. The van der Waals surface area contributed by atoms with Gasteiger partial charge in [-0.05, 0) is 12.8 Å². The van der Waals surface area contributed by atoms with Gasteiger partial charge >= 0.3 is 5.69 Å². The molecule has 1 aromatic heterocycles. The molecule has 8 heteroatoms. The van der Waals surface area contributed by atoms with Crippen LogP contribution in [0.3, 0.4) is 0 Å². The summed E-state index contributed by atoms with van der Waals surface area (Å²) in [7, 11) is -3.11. The van der Waals surface area contributed by atoms with E-state index in [2.05, 4.69) is 4.98 Å². The maximum atomic E-state index is 11.5. The summed E-state index contributed by atoms with van der Waals surface area (Å²) >= 11 is 0. The molecule has 0 spiro atoms. The van der Waals surface area contributed by atoms with Gasteiger partial charge < -0.3 is 5.11 Å². The molecule has 2 N–H and O–H groups in total. The first-order chi connectivity index (χ1) is 8.26. The van der Waals surface area contributed by atoms with Gasteiger partial charge in [0.15, 0.2) is 0 Å². The fourth-order valence-corrected chi connectivity index (χ4v) is 2.27. The third-order valence-electron chi connectivity index (χ3n) is 2.52. The average molecular weight is 276 g/mol. The predicted octanol–water partition coefficient (Wildman–Crippen LogP) is -0.761. The second-order valence-electron chi connectivity index (χ2n) is 4.05. The lowest BCUT2D eigenvalue weighted by molar-refractivity contribution is 0.392. The molecule has 0 atom stereocenters. The van der Waals surface area contributed by atoms with E-state index >= 15 is 0 Å². The Balaban J connectivity index is 3.03. The average Bonchev–Trinajstić information content (AvgIpc) is 2.21. The lowest BCUT2D eigenvalue weighted by atomic mass is 10.2. The first-order valence-corrected chi connectivity index (χ1v) is 7.55. The molecule has 0 radical (unpaired) electrons. The fraction of sp³-hybridized carbons (Fsp3) is 0.600. The van der Waals surface area contributed by atoms with Crippen LogP contribution >= 0.6 is 0 Å². The summed E-state index contributed by atoms with van der Waals surface area (Å²) in [5.41, 5.74) is -1.23. The second-order valence-corrected chi connectivity index (χ2v) is 6.31. The van der Waals surface area contributed by atoms with E-state index in [4.69, 9.17) is 0 Å². The lowest BCUT2D eigenvalue weighted by Crippen LogP contribution is -2.32. The second kappa shape index (κ2) is 5.38. The largest absolute Gasteiger partial charge is 0.494 e. The Morgan fingerprint density at radius 1 is 1.33 bits per heavy atom. The van der Waals surface area contributed by atoms with Gasteiger partial charge in [-0.3, -0.25) is 14.3 Å². The van der Waals surface area contributed by atoms with Crippen LogP contribution in [0.25, 0.3) is 0 Å². The number of aromatic amines is 1. The van der Waals surface area contributed by atoms with E-state index in [0.717, 1.165) is 10.8 Å². The molecule has 1 heterocycles. The van der Waals surface area contributed by atoms with Crippen LogP contribution in [-0.2, 0) is 22.8 Å². The number of aromatic nitrogens is 2. The maximum absolute atomic E-state index is 11.5. The molecule has 0 aliphatic carbocycles. The van der Waals surface area contributed by atoms with Crippen molar-refractivity contribution in [3.05, 3.63) is 26.4 Å². The number of nitrogens with zero attached hydrogens (tertiary/aromatic N) is 1. The van der Waals surface area contributed by atoms with Crippen molar-refractivity contribution >= 4 is 9.84 Å². The summed E-state index contributed by atoms with van der Waals surface area (Å²) in [6.45, 7) is 1.72. The number of aromatic hydroxyl groups is 1. The molecule has 0 aromatic carbocycles. The van der Waals surface area contributed by atoms with E-state index in [0.29, 0.717) is 0 Å². The number of H-pyrrole nitrogens is 1. The van der Waals surface area contributed by atoms with Crippen LogP contribution in [0.15, 0.2) is 9.59 Å². The van der Waals surface area contributed by atoms with E-state index in [9.17, 15) is 23.1 Å². The molecule has 0 fully saturated rings. The summed E-state index contributed by atoms with van der Waals surface area (Å²) < 4.78 is 22.9. The molecule has 0 bridgehead atoms. The molecule has 0 saturated heterocycles. The molecule has 1 aromatic rings. The van der Waals surface area contributed by atoms with Crippen LogP contribution in [-0.4, -0.2) is 35.1 Å². The van der Waals surface area contributed by atoms with Crippen molar-refractivity contribution in [2.45, 2.75) is 26.3 Å². The van der Waals surface area contributed by atoms with Crippen molar-refractivity contribution in [2.24, 2.45) is 0 Å². The summed E-state index contributed by atoms with van der Waals surface area (Å²) in [5.74, 6) is -0.473. The first kappa shape index (κ1) is 14.5. The highest BCUT2D eigenvalue weighted by atomic mass is 32.2. The third-order valence-corrected chi connectivity index (χ3v) is 3.55. The molecule has 1 rings (SSSR count). The minimum absolute atomic E-state index is 0.0432. The van der Waals surface area contributed by atoms with E-state index in [1.54, 1.807) is 6.92 Å². The SMILES string of the molecule is CCc1c(O)n(CCCS(C)(=O)=O)c(=O)[nH]c1=O. The Morgan fingerprint density at radius 2 is 1.94 bits per heavy atom. The van der Waals surface area contributed by atoms with Gasteiger partial charge in [0, 0.05) is 12.8 Å². The highest BCUT2D eigenvalue weighted by Crippen LogP contribution is 2.10. The maximum Gasteiger partial charge on any atom is 0.331 e. The molecule has 0 aliphatic rings. The van der Waals surface area contributed by atoms with Gasteiger partial charge in [-0.1, -0.05) is 6.92 Å². The topological polar surface area (TPSA) is 109 Å². The van der Waals surface area contributed by atoms with E-state index in [-0.39, 0.29) is 36.6 Å². The highest BCUT2D eigenvalue weighted by Gasteiger charge is 2.12. The van der Waals surface area contributed by atoms with Crippen LogP contribution in [0.1, 0.15) is 18.9 Å². The van der Waals surface area contributed by atoms with Crippen molar-refractivity contribution in [2.75, 3.05) is 12.0 Å². The third kappa shape index (κ3) is 3.46. The number of hydrogen-bond acceptors (Lipinski definition) is 5. The molecule has 0 aliphatic heterocycles. The lowest BCUT2D eigenvalue weighted by Gasteiger charge is -2.09. The van der Waals surface area contributed by atoms with Gasteiger partial charge in [0.2, 0.25) is 5.88 Å². The molecule has 102 valence electrons. The Morgan fingerprint density at radius 3 is 2.44 bits per heavy atom. The molecule has 0 saturated carbocycles. The number of hydrogen-bond donors (Lipinski definition) is 2. The Labute approximate surface area is 104 Å². The smallest absolute Gasteiger partial charge is 0.331 e. The van der Waals surface area contributed by atoms with Crippen LogP contribution in [0.2, 0.25) is 0 Å². The molecule has 0 unspecified atom stereocenters. The Hall–Kier alpha value is -1.57. The van der Waals surface area contributed by atoms with Crippen molar-refractivity contribution in [1.29, 1.82) is 0 Å². The monoisotopic (exact) mass is 276 g/mol. The van der Waals surface area contributed by atoms with E-state index in [1.165, 1.54) is 0 Å². The zero-order valence-corrected chi connectivity index (χ0v) is 11.1. The molecule has 7 nitrogen and oxygen atoms in total. The van der Waals surface area contributed by atoms with Crippen LogP contribution in [0, 0.1) is 0 Å². The number of sulfone groups is 1. The van der Waals surface area contributed by atoms with E-state index < -0.39 is 21.1 Å². The zero-order chi connectivity index (χ0) is 13.9. The minimum Gasteiger partial charge on any atom is -0.494 e. The quantitative estimate of drug-likeness (QED) is 0.734. The van der Waals surface area contributed by atoms with Crippen LogP contribution in [0.5, 0.6) is 5.88 Å². The van der Waals surface area contributed by atoms with Gasteiger partial charge in [-0.2, -0.15) is 0 Å². The summed E-state index contributed by atoms with van der Waals surface area (Å²) in [5, 5.41) is 9.77. The number of rotatable bonds is 5. The Bertz CT molecular complexity index is 641. The highest BCUT2D eigenvalue weighted by molar-refractivity contribution is 7.90. The standard InChI is InChI=1S/C10H16N2O5S/c1-3-7-8(13)11-10(15)12(9(7)14)5-4-6-18(2,16)17/h14H,3-6H2,1-2H3,(H,11,13,15). The minimum atomic E-state index is -3.11. The summed E-state index contributed by atoms with van der Waals surface area (Å²) in [4.78, 5) is 24.9. The predicted molar refractivity (Wildman–Crippen MR) is 66.7 cm³/mol. The van der Waals surface area contributed by atoms with Crippen molar-refractivity contribution in [3.8, 4) is 5.88 Å². The van der Waals surface area contributed by atoms with Crippen molar-refractivity contribution < 1.29 is 13.5 Å². The molecule has 18 heavy (non-hydrogen) atoms. The summed E-state index contributed by atoms with van der Waals surface area (Å²) in [6, 6.07) is 0. The molecule has 0 amide bonds.